The van der Waals surface area contributed by atoms with E-state index in [0.29, 0.717) is 32.1 Å². The van der Waals surface area contributed by atoms with Crippen LogP contribution in [0, 0.1) is 11.3 Å². The van der Waals surface area contributed by atoms with Crippen LogP contribution in [0.3, 0.4) is 0 Å². The van der Waals surface area contributed by atoms with Crippen LogP contribution in [0.5, 0.6) is 5.75 Å². The smallest absolute Gasteiger partial charge is 0.337 e. The number of nitrogens with one attached hydrogen (secondary N) is 1. The molecule has 0 atom stereocenters. The Kier molecular flexibility index (Phi) is 6.39. The van der Waals surface area contributed by atoms with Crippen molar-refractivity contribution in [3.05, 3.63) is 57.0 Å². The predicted octanol–water partition coefficient (Wildman–Crippen LogP) is 3.78. The molecule has 0 bridgehead atoms. The average Bonchev–Trinajstić information content (AvgIpc) is 2.60. The molecule has 1 N–H and O–H groups in total. The molecule has 2 aromatic rings. The number of hydrogen-bond acceptors (Lipinski definition) is 5. The van der Waals surface area contributed by atoms with E-state index in [0.717, 1.165) is 0 Å². The fourth-order valence-corrected chi connectivity index (χ4v) is 2.58. The standard InChI is InChI=1S/C17H12BrClN2O4/c1-24-17(23)10-3-5-15(13(18)6-10)25-9-16(22)21-14-7-12(19)4-2-11(14)8-20/h2-7H,9H2,1H3,(H,21,22). The lowest BCUT2D eigenvalue weighted by Gasteiger charge is -2.10. The molecule has 0 fully saturated rings. The number of carbonyl (C=O) groups is 2. The number of ether oxygens (including phenoxy) is 2. The Hall–Kier alpha value is -2.56. The Balaban J connectivity index is 2.02. The first-order valence-electron chi connectivity index (χ1n) is 6.94. The molecule has 0 aliphatic heterocycles. The third-order valence-corrected chi connectivity index (χ3v) is 3.94. The van der Waals surface area contributed by atoms with Crippen LogP contribution in [0.15, 0.2) is 40.9 Å². The maximum absolute atomic E-state index is 12.0. The monoisotopic (exact) mass is 422 g/mol. The Morgan fingerprint density at radius 1 is 1.28 bits per heavy atom. The van der Waals surface area contributed by atoms with Gasteiger partial charge in [0.25, 0.3) is 5.91 Å². The Morgan fingerprint density at radius 2 is 2.04 bits per heavy atom. The van der Waals surface area contributed by atoms with Crippen LogP contribution in [0.25, 0.3) is 0 Å². The van der Waals surface area contributed by atoms with E-state index in [4.69, 9.17) is 21.6 Å². The Labute approximate surface area is 157 Å². The van der Waals surface area contributed by atoms with Gasteiger partial charge in [0.05, 0.1) is 28.4 Å². The summed E-state index contributed by atoms with van der Waals surface area (Å²) in [4.78, 5) is 23.5. The summed E-state index contributed by atoms with van der Waals surface area (Å²) >= 11 is 9.14. The van der Waals surface area contributed by atoms with E-state index in [1.807, 2.05) is 6.07 Å². The van der Waals surface area contributed by atoms with Crippen LogP contribution in [-0.2, 0) is 9.53 Å². The molecule has 128 valence electrons. The average molecular weight is 424 g/mol. The van der Waals surface area contributed by atoms with Crippen molar-refractivity contribution in [2.24, 2.45) is 0 Å². The minimum absolute atomic E-state index is 0.284. The second-order valence-corrected chi connectivity index (χ2v) is 6.07. The SMILES string of the molecule is COC(=O)c1ccc(OCC(=O)Nc2cc(Cl)ccc2C#N)c(Br)c1. The molecule has 0 heterocycles. The minimum Gasteiger partial charge on any atom is -0.483 e. The van der Waals surface area contributed by atoms with Gasteiger partial charge >= 0.3 is 5.97 Å². The number of methoxy groups -OCH3 is 1. The molecule has 1 amide bonds. The molecule has 0 saturated heterocycles. The highest BCUT2D eigenvalue weighted by atomic mass is 79.9. The first-order valence-corrected chi connectivity index (χ1v) is 8.12. The molecular formula is C17H12BrClN2O4. The van der Waals surface area contributed by atoms with Gasteiger partial charge in [0, 0.05) is 5.02 Å². The van der Waals surface area contributed by atoms with E-state index in [1.165, 1.54) is 31.4 Å². The van der Waals surface area contributed by atoms with Gasteiger partial charge in [-0.25, -0.2) is 4.79 Å². The zero-order chi connectivity index (χ0) is 18.4. The maximum atomic E-state index is 12.0. The number of carbonyl (C=O) groups excluding carboxylic acids is 2. The quantitative estimate of drug-likeness (QED) is 0.739. The number of amides is 1. The summed E-state index contributed by atoms with van der Waals surface area (Å²) in [5.41, 5.74) is 0.953. The zero-order valence-corrected chi connectivity index (χ0v) is 15.3. The number of anilines is 1. The van der Waals surface area contributed by atoms with Crippen molar-refractivity contribution in [2.45, 2.75) is 0 Å². The van der Waals surface area contributed by atoms with Gasteiger partial charge in [0.15, 0.2) is 6.61 Å². The number of rotatable bonds is 5. The number of hydrogen-bond donors (Lipinski definition) is 1. The van der Waals surface area contributed by atoms with Crippen molar-refractivity contribution < 1.29 is 19.1 Å². The summed E-state index contributed by atoms with van der Waals surface area (Å²) in [6, 6.07) is 11.1. The van der Waals surface area contributed by atoms with Crippen LogP contribution in [0.1, 0.15) is 15.9 Å². The number of esters is 1. The first kappa shape index (κ1) is 18.8. The zero-order valence-electron chi connectivity index (χ0n) is 13.0. The molecule has 25 heavy (non-hydrogen) atoms. The van der Waals surface area contributed by atoms with E-state index in [1.54, 1.807) is 12.1 Å². The number of nitrogens with zero attached hydrogens (tertiary/aromatic N) is 1. The van der Waals surface area contributed by atoms with Gasteiger partial charge in [-0.05, 0) is 52.3 Å². The maximum Gasteiger partial charge on any atom is 0.337 e. The van der Waals surface area contributed by atoms with Gasteiger partial charge in [-0.3, -0.25) is 4.79 Å². The highest BCUT2D eigenvalue weighted by Crippen LogP contribution is 2.26. The second kappa shape index (κ2) is 8.51. The molecule has 0 radical (unpaired) electrons. The highest BCUT2D eigenvalue weighted by Gasteiger charge is 2.12. The Bertz CT molecular complexity index is 864. The number of nitriles is 1. The van der Waals surface area contributed by atoms with Crippen LogP contribution < -0.4 is 10.1 Å². The molecule has 8 heteroatoms. The molecule has 0 aromatic heterocycles. The first-order chi connectivity index (χ1) is 11.9. The van der Waals surface area contributed by atoms with Crippen molar-refractivity contribution in [3.63, 3.8) is 0 Å². The predicted molar refractivity (Wildman–Crippen MR) is 95.8 cm³/mol. The molecule has 6 nitrogen and oxygen atoms in total. The summed E-state index contributed by atoms with van der Waals surface area (Å²) in [5, 5.41) is 12.0. The van der Waals surface area contributed by atoms with Crippen molar-refractivity contribution in [1.29, 1.82) is 5.26 Å². The normalized spacial score (nSPS) is 9.84. The summed E-state index contributed by atoms with van der Waals surface area (Å²) < 4.78 is 10.5. The van der Waals surface area contributed by atoms with Gasteiger partial charge in [-0.1, -0.05) is 11.6 Å². The molecule has 2 aromatic carbocycles. The molecule has 0 saturated carbocycles. The molecule has 2 rings (SSSR count). The lowest BCUT2D eigenvalue weighted by atomic mass is 10.2. The topological polar surface area (TPSA) is 88.4 Å². The van der Waals surface area contributed by atoms with E-state index in [2.05, 4.69) is 26.0 Å². The molecule has 0 spiro atoms. The van der Waals surface area contributed by atoms with Gasteiger partial charge < -0.3 is 14.8 Å². The largest absolute Gasteiger partial charge is 0.483 e. The summed E-state index contributed by atoms with van der Waals surface area (Å²) in [6.45, 7) is -0.284. The number of halogens is 2. The van der Waals surface area contributed by atoms with Crippen molar-refractivity contribution in [3.8, 4) is 11.8 Å². The van der Waals surface area contributed by atoms with Crippen LogP contribution >= 0.6 is 27.5 Å². The van der Waals surface area contributed by atoms with Crippen molar-refractivity contribution >= 4 is 45.1 Å². The third-order valence-electron chi connectivity index (χ3n) is 3.09. The van der Waals surface area contributed by atoms with E-state index < -0.39 is 11.9 Å². The van der Waals surface area contributed by atoms with Crippen LogP contribution in [-0.4, -0.2) is 25.6 Å². The third kappa shape index (κ3) is 4.95. The van der Waals surface area contributed by atoms with E-state index in [-0.39, 0.29) is 6.61 Å². The summed E-state index contributed by atoms with van der Waals surface area (Å²) in [5.74, 6) is -0.549. The minimum atomic E-state index is -0.477. The lowest BCUT2D eigenvalue weighted by molar-refractivity contribution is -0.118. The molecule has 0 unspecified atom stereocenters. The van der Waals surface area contributed by atoms with Gasteiger partial charge in [-0.2, -0.15) is 5.26 Å². The second-order valence-electron chi connectivity index (χ2n) is 4.78. The Morgan fingerprint density at radius 3 is 2.68 bits per heavy atom. The van der Waals surface area contributed by atoms with E-state index >= 15 is 0 Å². The van der Waals surface area contributed by atoms with Crippen molar-refractivity contribution in [1.82, 2.24) is 0 Å². The lowest BCUT2D eigenvalue weighted by Crippen LogP contribution is -2.20. The van der Waals surface area contributed by atoms with Crippen LogP contribution in [0.4, 0.5) is 5.69 Å². The number of benzene rings is 2. The van der Waals surface area contributed by atoms with Gasteiger partial charge in [-0.15, -0.1) is 0 Å². The summed E-state index contributed by atoms with van der Waals surface area (Å²) in [6.07, 6.45) is 0. The van der Waals surface area contributed by atoms with Crippen molar-refractivity contribution in [2.75, 3.05) is 19.0 Å². The molecular weight excluding hydrogens is 412 g/mol. The highest BCUT2D eigenvalue weighted by molar-refractivity contribution is 9.10. The van der Waals surface area contributed by atoms with Gasteiger partial charge in [0.2, 0.25) is 0 Å². The fraction of sp³-hybridized carbons (Fsp3) is 0.118. The molecule has 0 aliphatic carbocycles. The fourth-order valence-electron chi connectivity index (χ4n) is 1.91. The van der Waals surface area contributed by atoms with E-state index in [9.17, 15) is 9.59 Å². The van der Waals surface area contributed by atoms with Gasteiger partial charge in [0.1, 0.15) is 11.8 Å². The summed E-state index contributed by atoms with van der Waals surface area (Å²) in [7, 11) is 1.29. The molecule has 0 aliphatic rings. The van der Waals surface area contributed by atoms with Crippen LogP contribution in [0.2, 0.25) is 5.02 Å².